The highest BCUT2D eigenvalue weighted by atomic mass is 16.5. The molecule has 0 aromatic carbocycles. The molecule has 1 fully saturated rings. The van der Waals surface area contributed by atoms with Crippen molar-refractivity contribution in [3.05, 3.63) is 12.0 Å². The molecule has 1 aromatic heterocycles. The Morgan fingerprint density at radius 3 is 3.00 bits per heavy atom. The number of esters is 1. The molecule has 16 heavy (non-hydrogen) atoms. The topological polar surface area (TPSA) is 64.8 Å². The number of aromatic nitrogens is 1. The summed E-state index contributed by atoms with van der Waals surface area (Å²) in [6, 6.07) is 0.450. The molecule has 6 nitrogen and oxygen atoms in total. The molecule has 0 spiro atoms. The molecule has 0 bridgehead atoms. The summed E-state index contributed by atoms with van der Waals surface area (Å²) in [5.41, 5.74) is 0. The number of hydrogen-bond donors (Lipinski definition) is 0. The lowest BCUT2D eigenvalue weighted by molar-refractivity contribution is 0.0490. The first-order chi connectivity index (χ1) is 7.81. The van der Waals surface area contributed by atoms with Crippen molar-refractivity contribution in [3.63, 3.8) is 0 Å². The van der Waals surface area contributed by atoms with Gasteiger partial charge < -0.3 is 18.8 Å². The fraction of sp³-hybridized carbons (Fsp3) is 0.600. The number of rotatable bonds is 3. The van der Waals surface area contributed by atoms with Crippen LogP contribution in [0.3, 0.4) is 0 Å². The lowest BCUT2D eigenvalue weighted by Crippen LogP contribution is -2.36. The van der Waals surface area contributed by atoms with Crippen LogP contribution in [0.5, 0.6) is 0 Å². The molecule has 0 N–H and O–H groups in total. The van der Waals surface area contributed by atoms with Crippen molar-refractivity contribution >= 4 is 12.0 Å². The summed E-state index contributed by atoms with van der Waals surface area (Å²) in [5.74, 6) is -0.335. The van der Waals surface area contributed by atoms with Gasteiger partial charge in [-0.3, -0.25) is 0 Å². The van der Waals surface area contributed by atoms with Crippen molar-refractivity contribution in [2.24, 2.45) is 0 Å². The minimum atomic E-state index is -0.477. The van der Waals surface area contributed by atoms with E-state index in [1.165, 1.54) is 6.20 Å². The molecule has 2 rings (SSSR count). The second-order valence-corrected chi connectivity index (χ2v) is 3.33. The Hall–Kier alpha value is -1.56. The highest BCUT2D eigenvalue weighted by Crippen LogP contribution is 2.16. The van der Waals surface area contributed by atoms with Gasteiger partial charge in [-0.1, -0.05) is 0 Å². The molecular formula is C10H14N2O4. The van der Waals surface area contributed by atoms with Gasteiger partial charge in [-0.25, -0.2) is 9.78 Å². The molecule has 1 saturated heterocycles. The normalized spacial score (nSPS) is 16.2. The number of carbonyl (C=O) groups is 1. The third-order valence-electron chi connectivity index (χ3n) is 2.25. The van der Waals surface area contributed by atoms with Crippen molar-refractivity contribution in [3.8, 4) is 0 Å². The average Bonchev–Trinajstić information content (AvgIpc) is 2.80. The van der Waals surface area contributed by atoms with Crippen LogP contribution in [0, 0.1) is 0 Å². The lowest BCUT2D eigenvalue weighted by Gasteiger charge is -2.24. The summed E-state index contributed by atoms with van der Waals surface area (Å²) in [4.78, 5) is 17.3. The van der Waals surface area contributed by atoms with Crippen molar-refractivity contribution in [2.45, 2.75) is 6.92 Å². The van der Waals surface area contributed by atoms with Crippen LogP contribution in [0.2, 0.25) is 0 Å². The van der Waals surface area contributed by atoms with Gasteiger partial charge in [0.15, 0.2) is 0 Å². The number of nitrogens with zero attached hydrogens (tertiary/aromatic N) is 2. The van der Waals surface area contributed by atoms with Crippen molar-refractivity contribution < 1.29 is 18.7 Å². The van der Waals surface area contributed by atoms with Gasteiger partial charge in [0.25, 0.3) is 6.01 Å². The Labute approximate surface area is 93.1 Å². The predicted octanol–water partition coefficient (Wildman–Crippen LogP) is 0.688. The fourth-order valence-corrected chi connectivity index (χ4v) is 1.46. The highest BCUT2D eigenvalue weighted by Gasteiger charge is 2.19. The summed E-state index contributed by atoms with van der Waals surface area (Å²) in [5, 5.41) is 0. The van der Waals surface area contributed by atoms with Crippen LogP contribution in [0.25, 0.3) is 0 Å². The second kappa shape index (κ2) is 4.98. The van der Waals surface area contributed by atoms with E-state index in [1.54, 1.807) is 6.92 Å². The maximum Gasteiger partial charge on any atom is 0.376 e. The van der Waals surface area contributed by atoms with Crippen LogP contribution in [-0.2, 0) is 9.47 Å². The molecule has 0 aliphatic carbocycles. The summed E-state index contributed by atoms with van der Waals surface area (Å²) in [6.45, 7) is 4.82. The zero-order chi connectivity index (χ0) is 11.4. The highest BCUT2D eigenvalue weighted by molar-refractivity contribution is 5.86. The Kier molecular flexibility index (Phi) is 3.40. The van der Waals surface area contributed by atoms with Crippen LogP contribution in [-0.4, -0.2) is 43.9 Å². The van der Waals surface area contributed by atoms with Crippen molar-refractivity contribution in [1.82, 2.24) is 4.98 Å². The first-order valence-corrected chi connectivity index (χ1v) is 5.27. The first-order valence-electron chi connectivity index (χ1n) is 5.27. The van der Waals surface area contributed by atoms with Gasteiger partial charge in [0.05, 0.1) is 26.0 Å². The molecular weight excluding hydrogens is 212 g/mol. The maximum absolute atomic E-state index is 11.3. The number of anilines is 1. The van der Waals surface area contributed by atoms with E-state index in [4.69, 9.17) is 13.9 Å². The van der Waals surface area contributed by atoms with Gasteiger partial charge >= 0.3 is 5.97 Å². The number of hydrogen-bond acceptors (Lipinski definition) is 6. The molecule has 1 aliphatic rings. The van der Waals surface area contributed by atoms with E-state index in [9.17, 15) is 4.79 Å². The molecule has 6 heteroatoms. The summed E-state index contributed by atoms with van der Waals surface area (Å²) in [6.07, 6.45) is 1.39. The molecule has 0 atom stereocenters. The Balaban J connectivity index is 2.03. The second-order valence-electron chi connectivity index (χ2n) is 3.33. The minimum Gasteiger partial charge on any atom is -0.460 e. The van der Waals surface area contributed by atoms with Crippen LogP contribution in [0.1, 0.15) is 17.5 Å². The zero-order valence-electron chi connectivity index (χ0n) is 9.14. The quantitative estimate of drug-likeness (QED) is 0.706. The Morgan fingerprint density at radius 1 is 1.56 bits per heavy atom. The summed E-state index contributed by atoms with van der Waals surface area (Å²) < 4.78 is 15.3. The van der Waals surface area contributed by atoms with Gasteiger partial charge in [-0.15, -0.1) is 0 Å². The number of ether oxygens (including phenoxy) is 2. The third-order valence-corrected chi connectivity index (χ3v) is 2.25. The van der Waals surface area contributed by atoms with Crippen LogP contribution < -0.4 is 4.90 Å². The molecule has 88 valence electrons. The van der Waals surface area contributed by atoms with Crippen molar-refractivity contribution in [2.75, 3.05) is 37.8 Å². The van der Waals surface area contributed by atoms with Crippen LogP contribution >= 0.6 is 0 Å². The van der Waals surface area contributed by atoms with E-state index in [0.29, 0.717) is 25.8 Å². The van der Waals surface area contributed by atoms with E-state index in [0.717, 1.165) is 13.1 Å². The van der Waals surface area contributed by atoms with Gasteiger partial charge in [0, 0.05) is 13.1 Å². The number of carbonyl (C=O) groups excluding carboxylic acids is 1. The minimum absolute atomic E-state index is 0.142. The van der Waals surface area contributed by atoms with E-state index >= 15 is 0 Å². The Bertz CT molecular complexity index is 357. The van der Waals surface area contributed by atoms with Crippen molar-refractivity contribution in [1.29, 1.82) is 0 Å². The zero-order valence-corrected chi connectivity index (χ0v) is 9.14. The van der Waals surface area contributed by atoms with Crippen LogP contribution in [0.4, 0.5) is 6.01 Å². The standard InChI is InChI=1S/C10H14N2O4/c1-2-15-9(13)8-7-11-10(16-8)12-3-5-14-6-4-12/h7H,2-6H2,1H3. The van der Waals surface area contributed by atoms with E-state index < -0.39 is 5.97 Å². The number of morpholine rings is 1. The summed E-state index contributed by atoms with van der Waals surface area (Å²) >= 11 is 0. The third kappa shape index (κ3) is 2.33. The predicted molar refractivity (Wildman–Crippen MR) is 55.5 cm³/mol. The SMILES string of the molecule is CCOC(=O)c1cnc(N2CCOCC2)o1. The van der Waals surface area contributed by atoms with Crippen LogP contribution in [0.15, 0.2) is 10.6 Å². The molecule has 0 amide bonds. The fourth-order valence-electron chi connectivity index (χ4n) is 1.46. The van der Waals surface area contributed by atoms with Gasteiger partial charge in [0.2, 0.25) is 5.76 Å². The number of oxazole rings is 1. The summed E-state index contributed by atoms with van der Waals surface area (Å²) in [7, 11) is 0. The van der Waals surface area contributed by atoms with E-state index in [1.807, 2.05) is 4.90 Å². The molecule has 0 unspecified atom stereocenters. The smallest absolute Gasteiger partial charge is 0.376 e. The molecule has 0 saturated carbocycles. The largest absolute Gasteiger partial charge is 0.460 e. The Morgan fingerprint density at radius 2 is 2.31 bits per heavy atom. The average molecular weight is 226 g/mol. The van der Waals surface area contributed by atoms with E-state index in [2.05, 4.69) is 4.98 Å². The van der Waals surface area contributed by atoms with E-state index in [-0.39, 0.29) is 5.76 Å². The van der Waals surface area contributed by atoms with Gasteiger partial charge in [-0.2, -0.15) is 0 Å². The van der Waals surface area contributed by atoms with Gasteiger partial charge in [0.1, 0.15) is 0 Å². The molecule has 2 heterocycles. The molecule has 0 radical (unpaired) electrons. The molecule has 1 aromatic rings. The molecule has 1 aliphatic heterocycles. The lowest BCUT2D eigenvalue weighted by atomic mass is 10.5. The monoisotopic (exact) mass is 226 g/mol. The van der Waals surface area contributed by atoms with Gasteiger partial charge in [-0.05, 0) is 6.92 Å². The maximum atomic E-state index is 11.3. The first kappa shape index (κ1) is 10.9.